The number of likely N-dealkylation sites (N-methyl/N-ethyl adjacent to an activating group) is 1. The van der Waals surface area contributed by atoms with Crippen LogP contribution in [0.3, 0.4) is 0 Å². The summed E-state index contributed by atoms with van der Waals surface area (Å²) in [7, 11) is 1.60. The zero-order valence-electron chi connectivity index (χ0n) is 17.7. The largest absolute Gasteiger partial charge is 0.493 e. The smallest absolute Gasteiger partial charge is 0.161 e. The van der Waals surface area contributed by atoms with Gasteiger partial charge >= 0.3 is 0 Å². The molecule has 0 aliphatic carbocycles. The Hall–Kier alpha value is -2.15. The zero-order valence-corrected chi connectivity index (χ0v) is 17.7. The van der Waals surface area contributed by atoms with Gasteiger partial charge in [0.2, 0.25) is 0 Å². The summed E-state index contributed by atoms with van der Waals surface area (Å²) in [5, 5.41) is 13.6. The van der Waals surface area contributed by atoms with Gasteiger partial charge in [0, 0.05) is 13.1 Å². The summed E-state index contributed by atoms with van der Waals surface area (Å²) in [4.78, 5) is 2.15. The number of aliphatic hydroxyl groups excluding tert-OH is 1. The number of hydrogen-bond donors (Lipinski definition) is 2. The first kappa shape index (κ1) is 23.1. The number of rotatable bonds is 13. The van der Waals surface area contributed by atoms with E-state index in [1.165, 1.54) is 6.07 Å². The van der Waals surface area contributed by atoms with Crippen molar-refractivity contribution in [1.82, 2.24) is 10.2 Å². The van der Waals surface area contributed by atoms with Crippen LogP contribution >= 0.6 is 0 Å². The van der Waals surface area contributed by atoms with E-state index in [0.29, 0.717) is 43.1 Å². The third-order valence-corrected chi connectivity index (χ3v) is 4.88. The highest BCUT2D eigenvalue weighted by Crippen LogP contribution is 2.28. The van der Waals surface area contributed by atoms with E-state index < -0.39 is 6.10 Å². The van der Waals surface area contributed by atoms with Gasteiger partial charge in [0.25, 0.3) is 0 Å². The van der Waals surface area contributed by atoms with Gasteiger partial charge < -0.3 is 24.8 Å². The monoisotopic (exact) mass is 404 g/mol. The Morgan fingerprint density at radius 1 is 1.10 bits per heavy atom. The summed E-state index contributed by atoms with van der Waals surface area (Å²) in [5.74, 6) is 1.08. The molecule has 2 N–H and O–H groups in total. The van der Waals surface area contributed by atoms with Gasteiger partial charge in [0.1, 0.15) is 18.5 Å². The molecule has 0 aromatic heterocycles. The van der Waals surface area contributed by atoms with Gasteiger partial charge in [-0.25, -0.2) is 4.39 Å². The van der Waals surface area contributed by atoms with Crippen molar-refractivity contribution in [3.05, 3.63) is 59.4 Å². The molecule has 0 bridgehead atoms. The summed E-state index contributed by atoms with van der Waals surface area (Å²) in [6, 6.07) is 12.6. The van der Waals surface area contributed by atoms with Crippen LogP contribution in [0.2, 0.25) is 0 Å². The van der Waals surface area contributed by atoms with Crippen molar-refractivity contribution in [3.63, 3.8) is 0 Å². The van der Waals surface area contributed by atoms with Crippen LogP contribution in [-0.2, 0) is 13.0 Å². The Morgan fingerprint density at radius 2 is 1.86 bits per heavy atom. The molecular formula is C23H33FN2O3. The number of methoxy groups -OCH3 is 1. The van der Waals surface area contributed by atoms with E-state index in [2.05, 4.69) is 24.1 Å². The Kier molecular flexibility index (Phi) is 9.91. The second kappa shape index (κ2) is 12.4. The lowest BCUT2D eigenvalue weighted by molar-refractivity contribution is 0.0705. The fraction of sp³-hybridized carbons (Fsp3) is 0.478. The quantitative estimate of drug-likeness (QED) is 0.502. The van der Waals surface area contributed by atoms with Gasteiger partial charge in [-0.2, -0.15) is 0 Å². The van der Waals surface area contributed by atoms with Crippen molar-refractivity contribution >= 4 is 0 Å². The van der Waals surface area contributed by atoms with Crippen molar-refractivity contribution in [2.45, 2.75) is 32.9 Å². The van der Waals surface area contributed by atoms with Crippen molar-refractivity contribution in [1.29, 1.82) is 0 Å². The highest BCUT2D eigenvalue weighted by atomic mass is 19.1. The predicted molar refractivity (Wildman–Crippen MR) is 114 cm³/mol. The Morgan fingerprint density at radius 3 is 2.55 bits per heavy atom. The summed E-state index contributed by atoms with van der Waals surface area (Å²) in [5.41, 5.74) is 1.74. The summed E-state index contributed by atoms with van der Waals surface area (Å²) in [6.45, 7) is 8.02. The van der Waals surface area contributed by atoms with Gasteiger partial charge in [-0.1, -0.05) is 38.1 Å². The maximum absolute atomic E-state index is 13.7. The lowest BCUT2D eigenvalue weighted by Gasteiger charge is -2.22. The second-order valence-electron chi connectivity index (χ2n) is 6.95. The molecule has 0 spiro atoms. The molecule has 0 aliphatic heterocycles. The van der Waals surface area contributed by atoms with Crippen LogP contribution in [0.4, 0.5) is 4.39 Å². The number of halogens is 1. The first-order chi connectivity index (χ1) is 14.1. The number of nitrogens with one attached hydrogen (secondary N) is 1. The van der Waals surface area contributed by atoms with Crippen molar-refractivity contribution < 1.29 is 19.0 Å². The van der Waals surface area contributed by atoms with Crippen LogP contribution in [0.25, 0.3) is 0 Å². The molecule has 5 nitrogen and oxygen atoms in total. The van der Waals surface area contributed by atoms with E-state index in [1.54, 1.807) is 19.2 Å². The van der Waals surface area contributed by atoms with Gasteiger partial charge in [-0.15, -0.1) is 0 Å². The molecule has 29 heavy (non-hydrogen) atoms. The van der Waals surface area contributed by atoms with Gasteiger partial charge in [0.05, 0.1) is 7.11 Å². The van der Waals surface area contributed by atoms with Crippen molar-refractivity contribution in [3.8, 4) is 11.5 Å². The minimum atomic E-state index is -0.567. The summed E-state index contributed by atoms with van der Waals surface area (Å²) >= 11 is 0. The van der Waals surface area contributed by atoms with Crippen LogP contribution in [0, 0.1) is 5.82 Å². The number of benzene rings is 2. The van der Waals surface area contributed by atoms with E-state index >= 15 is 0 Å². The van der Waals surface area contributed by atoms with Gasteiger partial charge in [-0.05, 0) is 55.4 Å². The van der Waals surface area contributed by atoms with E-state index in [0.717, 1.165) is 18.7 Å². The average molecular weight is 405 g/mol. The average Bonchev–Trinajstić information content (AvgIpc) is 2.74. The van der Waals surface area contributed by atoms with Crippen molar-refractivity contribution in [2.75, 3.05) is 39.9 Å². The van der Waals surface area contributed by atoms with Crippen molar-refractivity contribution in [2.24, 2.45) is 0 Å². The number of ether oxygens (including phenoxy) is 2. The third-order valence-electron chi connectivity index (χ3n) is 4.88. The molecule has 0 aliphatic rings. The second-order valence-corrected chi connectivity index (χ2v) is 6.95. The maximum atomic E-state index is 13.7. The molecule has 1 atom stereocenters. The zero-order chi connectivity index (χ0) is 21.1. The number of nitrogens with zero attached hydrogens (tertiary/aromatic N) is 1. The van der Waals surface area contributed by atoms with Crippen LogP contribution in [0.5, 0.6) is 11.5 Å². The molecule has 0 unspecified atom stereocenters. The van der Waals surface area contributed by atoms with Gasteiger partial charge in [-0.3, -0.25) is 0 Å². The molecule has 0 radical (unpaired) electrons. The standard InChI is InChI=1S/C23H33FN2O3/c1-4-26(5-2)16-20(27)17-29-23-14-18(10-11-22(23)28-3)15-25-13-12-19-8-6-7-9-21(19)24/h6-11,14,20,25,27H,4-5,12-13,15-17H2,1-3H3/t20-/m0/s1. The molecule has 2 aromatic rings. The minimum absolute atomic E-state index is 0.169. The molecule has 2 aromatic carbocycles. The van der Waals surface area contributed by atoms with Crippen LogP contribution < -0.4 is 14.8 Å². The number of hydrogen-bond acceptors (Lipinski definition) is 5. The van der Waals surface area contributed by atoms with E-state index in [-0.39, 0.29) is 12.4 Å². The molecule has 6 heteroatoms. The predicted octanol–water partition coefficient (Wildman–Crippen LogP) is 3.25. The van der Waals surface area contributed by atoms with Crippen LogP contribution in [0.15, 0.2) is 42.5 Å². The lowest BCUT2D eigenvalue weighted by atomic mass is 10.1. The van der Waals surface area contributed by atoms with E-state index in [1.807, 2.05) is 24.3 Å². The lowest BCUT2D eigenvalue weighted by Crippen LogP contribution is -2.35. The Labute approximate surface area is 173 Å². The van der Waals surface area contributed by atoms with Gasteiger partial charge in [0.15, 0.2) is 11.5 Å². The first-order valence-electron chi connectivity index (χ1n) is 10.2. The minimum Gasteiger partial charge on any atom is -0.493 e. The highest BCUT2D eigenvalue weighted by molar-refractivity contribution is 5.43. The first-order valence-corrected chi connectivity index (χ1v) is 10.2. The highest BCUT2D eigenvalue weighted by Gasteiger charge is 2.12. The fourth-order valence-electron chi connectivity index (χ4n) is 3.12. The molecule has 0 saturated heterocycles. The fourth-order valence-corrected chi connectivity index (χ4v) is 3.12. The SMILES string of the molecule is CCN(CC)C[C@H](O)COc1cc(CNCCc2ccccc2F)ccc1OC. The molecule has 0 heterocycles. The summed E-state index contributed by atoms with van der Waals surface area (Å²) in [6.07, 6.45) is 0.0613. The van der Waals surface area contributed by atoms with Crippen LogP contribution in [0.1, 0.15) is 25.0 Å². The Balaban J connectivity index is 1.86. The van der Waals surface area contributed by atoms with E-state index in [4.69, 9.17) is 9.47 Å². The third kappa shape index (κ3) is 7.65. The molecule has 2 rings (SSSR count). The molecular weight excluding hydrogens is 371 g/mol. The topological polar surface area (TPSA) is 54.0 Å². The van der Waals surface area contributed by atoms with E-state index in [9.17, 15) is 9.50 Å². The number of aliphatic hydroxyl groups is 1. The summed E-state index contributed by atoms with van der Waals surface area (Å²) < 4.78 is 24.9. The molecule has 0 saturated carbocycles. The molecule has 0 amide bonds. The normalized spacial score (nSPS) is 12.2. The Bertz CT molecular complexity index is 738. The molecule has 160 valence electrons. The maximum Gasteiger partial charge on any atom is 0.161 e. The van der Waals surface area contributed by atoms with Crippen LogP contribution in [-0.4, -0.2) is 56.0 Å². The molecule has 0 fully saturated rings.